The van der Waals surface area contributed by atoms with Crippen molar-refractivity contribution in [1.29, 1.82) is 0 Å². The molecule has 0 unspecified atom stereocenters. The summed E-state index contributed by atoms with van der Waals surface area (Å²) >= 11 is 0. The second kappa shape index (κ2) is 7.40. The Bertz CT molecular complexity index is 358. The van der Waals surface area contributed by atoms with Crippen molar-refractivity contribution in [2.45, 2.75) is 52.8 Å². The molecule has 1 rings (SSSR count). The molecule has 1 aromatic heterocycles. The third-order valence-corrected chi connectivity index (χ3v) is 2.27. The van der Waals surface area contributed by atoms with Gasteiger partial charge in [-0.3, -0.25) is 4.98 Å². The van der Waals surface area contributed by atoms with E-state index in [9.17, 15) is 0 Å². The Morgan fingerprint density at radius 1 is 1.16 bits per heavy atom. The van der Waals surface area contributed by atoms with E-state index in [4.69, 9.17) is 9.47 Å². The number of rotatable bonds is 7. The fourth-order valence-electron chi connectivity index (χ4n) is 1.29. The van der Waals surface area contributed by atoms with Gasteiger partial charge in [-0.1, -0.05) is 0 Å². The minimum Gasteiger partial charge on any atom is -0.474 e. The molecule has 0 radical (unpaired) electrons. The van der Waals surface area contributed by atoms with E-state index in [-0.39, 0.29) is 11.6 Å². The maximum atomic E-state index is 5.44. The number of nitrogens with one attached hydrogen (secondary N) is 1. The van der Waals surface area contributed by atoms with Crippen LogP contribution in [-0.4, -0.2) is 34.8 Å². The number of nitrogens with zero attached hydrogens (tertiary/aromatic N) is 2. The summed E-state index contributed by atoms with van der Waals surface area (Å²) in [6.07, 6.45) is 3.60. The fraction of sp³-hybridized carbons (Fsp3) is 0.714. The molecule has 0 amide bonds. The zero-order chi connectivity index (χ0) is 14.3. The summed E-state index contributed by atoms with van der Waals surface area (Å²) in [5, 5.41) is 3.36. The lowest BCUT2D eigenvalue weighted by Crippen LogP contribution is -2.35. The molecule has 0 bridgehead atoms. The molecular weight excluding hydrogens is 242 g/mol. The Morgan fingerprint density at radius 3 is 2.42 bits per heavy atom. The highest BCUT2D eigenvalue weighted by Gasteiger charge is 2.09. The normalized spacial score (nSPS) is 11.9. The molecule has 5 nitrogen and oxygen atoms in total. The Kier molecular flexibility index (Phi) is 6.18. The summed E-state index contributed by atoms with van der Waals surface area (Å²) in [7, 11) is 0. The zero-order valence-electron chi connectivity index (χ0n) is 12.6. The van der Waals surface area contributed by atoms with Crippen LogP contribution < -0.4 is 10.1 Å². The van der Waals surface area contributed by atoms with Gasteiger partial charge in [-0.2, -0.15) is 0 Å². The third kappa shape index (κ3) is 7.74. The molecular formula is C14H25N3O2. The van der Waals surface area contributed by atoms with Gasteiger partial charge in [0.25, 0.3) is 0 Å². The molecule has 0 aromatic carbocycles. The third-order valence-electron chi connectivity index (χ3n) is 2.27. The van der Waals surface area contributed by atoms with Crippen LogP contribution in [0.3, 0.4) is 0 Å². The summed E-state index contributed by atoms with van der Waals surface area (Å²) in [6.45, 7) is 12.1. The lowest BCUT2D eigenvalue weighted by atomic mass is 10.1. The van der Waals surface area contributed by atoms with Gasteiger partial charge in [0, 0.05) is 12.1 Å². The van der Waals surface area contributed by atoms with Crippen molar-refractivity contribution in [2.75, 3.05) is 13.2 Å². The van der Waals surface area contributed by atoms with E-state index >= 15 is 0 Å². The summed E-state index contributed by atoms with van der Waals surface area (Å²) in [5.74, 6) is 0.534. The predicted molar refractivity (Wildman–Crippen MR) is 75.2 cm³/mol. The standard InChI is InChI=1S/C14H25N3O2/c1-11(2)18-6-7-19-13-10-15-12(8-16-13)9-17-14(3,4)5/h8,10-11,17H,6-7,9H2,1-5H3. The van der Waals surface area contributed by atoms with Crippen LogP contribution >= 0.6 is 0 Å². The maximum absolute atomic E-state index is 5.44. The molecule has 1 heterocycles. The van der Waals surface area contributed by atoms with Crippen LogP contribution in [0, 0.1) is 0 Å². The molecule has 19 heavy (non-hydrogen) atoms. The van der Waals surface area contributed by atoms with Crippen molar-refractivity contribution in [1.82, 2.24) is 15.3 Å². The largest absolute Gasteiger partial charge is 0.474 e. The molecule has 0 saturated heterocycles. The summed E-state index contributed by atoms with van der Waals surface area (Å²) < 4.78 is 10.8. The first-order chi connectivity index (χ1) is 8.87. The topological polar surface area (TPSA) is 56.3 Å². The summed E-state index contributed by atoms with van der Waals surface area (Å²) in [4.78, 5) is 8.52. The van der Waals surface area contributed by atoms with Crippen LogP contribution in [0.5, 0.6) is 5.88 Å². The Morgan fingerprint density at radius 2 is 1.89 bits per heavy atom. The first-order valence-corrected chi connectivity index (χ1v) is 6.67. The van der Waals surface area contributed by atoms with Crippen molar-refractivity contribution < 1.29 is 9.47 Å². The molecule has 0 atom stereocenters. The van der Waals surface area contributed by atoms with E-state index in [1.807, 2.05) is 13.8 Å². The monoisotopic (exact) mass is 267 g/mol. The SMILES string of the molecule is CC(C)OCCOc1cnc(CNC(C)(C)C)cn1. The van der Waals surface area contributed by atoms with Crippen LogP contribution in [0.15, 0.2) is 12.4 Å². The molecule has 0 aliphatic rings. The maximum Gasteiger partial charge on any atom is 0.232 e. The number of ether oxygens (including phenoxy) is 2. The fourth-order valence-corrected chi connectivity index (χ4v) is 1.29. The quantitative estimate of drug-likeness (QED) is 0.767. The molecule has 0 spiro atoms. The second-order valence-electron chi connectivity index (χ2n) is 5.72. The zero-order valence-corrected chi connectivity index (χ0v) is 12.6. The predicted octanol–water partition coefficient (Wildman–Crippen LogP) is 2.17. The molecule has 0 saturated carbocycles. The van der Waals surface area contributed by atoms with Crippen molar-refractivity contribution in [2.24, 2.45) is 0 Å². The number of aromatic nitrogens is 2. The van der Waals surface area contributed by atoms with Gasteiger partial charge in [0.1, 0.15) is 6.61 Å². The summed E-state index contributed by atoms with van der Waals surface area (Å²) in [5.41, 5.74) is 0.978. The van der Waals surface area contributed by atoms with E-state index < -0.39 is 0 Å². The molecule has 0 fully saturated rings. The molecule has 0 aliphatic carbocycles. The Labute approximate surface area is 115 Å². The van der Waals surface area contributed by atoms with Crippen LogP contribution in [-0.2, 0) is 11.3 Å². The highest BCUT2D eigenvalue weighted by Crippen LogP contribution is 2.06. The highest BCUT2D eigenvalue weighted by molar-refractivity contribution is 5.07. The minimum atomic E-state index is 0.0744. The molecule has 108 valence electrons. The van der Waals surface area contributed by atoms with Gasteiger partial charge in [0.05, 0.1) is 30.8 Å². The van der Waals surface area contributed by atoms with E-state index in [2.05, 4.69) is 36.1 Å². The number of hydrogen-bond acceptors (Lipinski definition) is 5. The van der Waals surface area contributed by atoms with Crippen LogP contribution in [0.25, 0.3) is 0 Å². The van der Waals surface area contributed by atoms with Crippen molar-refractivity contribution in [3.63, 3.8) is 0 Å². The Hall–Kier alpha value is -1.20. The molecule has 1 N–H and O–H groups in total. The van der Waals surface area contributed by atoms with E-state index in [1.165, 1.54) is 0 Å². The molecule has 0 aliphatic heterocycles. The van der Waals surface area contributed by atoms with E-state index in [0.717, 1.165) is 5.69 Å². The highest BCUT2D eigenvalue weighted by atomic mass is 16.5. The van der Waals surface area contributed by atoms with Crippen LogP contribution in [0.2, 0.25) is 0 Å². The minimum absolute atomic E-state index is 0.0744. The van der Waals surface area contributed by atoms with Gasteiger partial charge in [-0.15, -0.1) is 0 Å². The average Bonchev–Trinajstić information content (AvgIpc) is 2.32. The van der Waals surface area contributed by atoms with Gasteiger partial charge in [0.2, 0.25) is 5.88 Å². The van der Waals surface area contributed by atoms with Crippen LogP contribution in [0.4, 0.5) is 0 Å². The molecule has 5 heteroatoms. The van der Waals surface area contributed by atoms with Crippen molar-refractivity contribution in [3.05, 3.63) is 18.1 Å². The first kappa shape index (κ1) is 15.9. The Balaban J connectivity index is 2.31. The van der Waals surface area contributed by atoms with Crippen molar-refractivity contribution in [3.8, 4) is 5.88 Å². The molecule has 1 aromatic rings. The lowest BCUT2D eigenvalue weighted by Gasteiger charge is -2.19. The van der Waals surface area contributed by atoms with Gasteiger partial charge in [-0.25, -0.2) is 4.98 Å². The van der Waals surface area contributed by atoms with Gasteiger partial charge >= 0.3 is 0 Å². The van der Waals surface area contributed by atoms with E-state index in [0.29, 0.717) is 25.6 Å². The van der Waals surface area contributed by atoms with Gasteiger partial charge in [-0.05, 0) is 34.6 Å². The number of hydrogen-bond donors (Lipinski definition) is 1. The van der Waals surface area contributed by atoms with Crippen molar-refractivity contribution >= 4 is 0 Å². The van der Waals surface area contributed by atoms with Crippen LogP contribution in [0.1, 0.15) is 40.3 Å². The average molecular weight is 267 g/mol. The van der Waals surface area contributed by atoms with E-state index in [1.54, 1.807) is 12.4 Å². The second-order valence-corrected chi connectivity index (χ2v) is 5.72. The lowest BCUT2D eigenvalue weighted by molar-refractivity contribution is 0.0541. The first-order valence-electron chi connectivity index (χ1n) is 6.67. The van der Waals surface area contributed by atoms with Gasteiger partial charge < -0.3 is 14.8 Å². The summed E-state index contributed by atoms with van der Waals surface area (Å²) in [6, 6.07) is 0. The van der Waals surface area contributed by atoms with Gasteiger partial charge in [0.15, 0.2) is 0 Å². The smallest absolute Gasteiger partial charge is 0.232 e.